The number of anilines is 1. The monoisotopic (exact) mass is 679 g/mol. The zero-order valence-corrected chi connectivity index (χ0v) is 27.6. The fourth-order valence-corrected chi connectivity index (χ4v) is 8.36. The van der Waals surface area contributed by atoms with Gasteiger partial charge < -0.3 is 24.1 Å². The average Bonchev–Trinajstić information content (AvgIpc) is 3.48. The summed E-state index contributed by atoms with van der Waals surface area (Å²) < 4.78 is 42.6. The summed E-state index contributed by atoms with van der Waals surface area (Å²) in [7, 11) is -3.10. The van der Waals surface area contributed by atoms with Crippen molar-refractivity contribution in [1.82, 2.24) is 4.57 Å². The van der Waals surface area contributed by atoms with Crippen LogP contribution in [0.1, 0.15) is 58.3 Å². The summed E-state index contributed by atoms with van der Waals surface area (Å²) in [5.41, 5.74) is 1.75. The third-order valence-corrected chi connectivity index (χ3v) is 10.5. The lowest BCUT2D eigenvalue weighted by molar-refractivity contribution is -0.141. The number of benzene rings is 1. The lowest BCUT2D eigenvalue weighted by Gasteiger charge is -2.18. The van der Waals surface area contributed by atoms with Crippen molar-refractivity contribution >= 4 is 77.5 Å². The Morgan fingerprint density at radius 1 is 1.04 bits per heavy atom. The number of rotatable bonds is 11. The molecule has 0 saturated heterocycles. The van der Waals surface area contributed by atoms with Crippen molar-refractivity contribution in [2.75, 3.05) is 37.1 Å². The molecule has 1 unspecified atom stereocenters. The van der Waals surface area contributed by atoms with Gasteiger partial charge >= 0.3 is 17.9 Å². The van der Waals surface area contributed by atoms with E-state index in [4.69, 9.17) is 14.2 Å². The maximum absolute atomic E-state index is 12.9. The van der Waals surface area contributed by atoms with Crippen molar-refractivity contribution < 1.29 is 46.6 Å². The molecule has 0 radical (unpaired) electrons. The third-order valence-electron chi connectivity index (χ3n) is 6.87. The molecule has 2 heterocycles. The quantitative estimate of drug-likeness (QED) is 0.234. The summed E-state index contributed by atoms with van der Waals surface area (Å²) in [6, 6.07) is 4.57. The van der Waals surface area contributed by atoms with Crippen LogP contribution in [-0.4, -0.2) is 74.5 Å². The Morgan fingerprint density at radius 2 is 1.76 bits per heavy atom. The molecule has 16 heteroatoms. The van der Waals surface area contributed by atoms with Crippen LogP contribution in [0.15, 0.2) is 23.2 Å². The predicted octanol–water partition coefficient (Wildman–Crippen LogP) is 2.90. The number of ether oxygens (including phenoxy) is 3. The fraction of sp³-hybridized carbons (Fsp3) is 0.448. The number of thiazole rings is 1. The van der Waals surface area contributed by atoms with Gasteiger partial charge in [-0.2, -0.15) is 4.99 Å². The molecule has 0 saturated carbocycles. The molecule has 1 aliphatic rings. The van der Waals surface area contributed by atoms with E-state index in [-0.39, 0.29) is 40.7 Å². The molecule has 1 N–H and O–H groups in total. The van der Waals surface area contributed by atoms with E-state index < -0.39 is 51.1 Å². The molecule has 1 aromatic carbocycles. The zero-order valence-electron chi connectivity index (χ0n) is 25.2. The molecular weight excluding hydrogens is 647 g/mol. The molecule has 2 aromatic heterocycles. The normalized spacial score (nSPS) is 14.9. The Bertz CT molecular complexity index is 1830. The van der Waals surface area contributed by atoms with Crippen LogP contribution in [-0.2, 0) is 57.8 Å². The average molecular weight is 680 g/mol. The van der Waals surface area contributed by atoms with Crippen LogP contribution in [0.3, 0.4) is 0 Å². The summed E-state index contributed by atoms with van der Waals surface area (Å²) in [4.78, 5) is 67.6. The van der Waals surface area contributed by atoms with Crippen molar-refractivity contribution in [2.45, 2.75) is 46.6 Å². The van der Waals surface area contributed by atoms with E-state index in [1.54, 1.807) is 19.9 Å². The van der Waals surface area contributed by atoms with Crippen LogP contribution in [0.4, 0.5) is 5.00 Å². The molecule has 45 heavy (non-hydrogen) atoms. The number of hydrogen-bond donors (Lipinski definition) is 1. The number of amides is 2. The van der Waals surface area contributed by atoms with Gasteiger partial charge in [-0.25, -0.2) is 18.0 Å². The van der Waals surface area contributed by atoms with E-state index in [1.165, 1.54) is 35.1 Å². The lowest BCUT2D eigenvalue weighted by Crippen LogP contribution is -2.29. The number of nitrogens with zero attached hydrogens (tertiary/aromatic N) is 2. The van der Waals surface area contributed by atoms with Gasteiger partial charge in [-0.3, -0.25) is 14.4 Å². The number of fused-ring (bicyclic) bond motifs is 2. The first-order chi connectivity index (χ1) is 21.3. The van der Waals surface area contributed by atoms with Crippen LogP contribution < -0.4 is 10.1 Å². The molecule has 0 spiro atoms. The Hall–Kier alpha value is -3.89. The number of aromatic nitrogens is 1. The van der Waals surface area contributed by atoms with E-state index >= 15 is 0 Å². The fourth-order valence-electron chi connectivity index (χ4n) is 4.84. The molecular formula is C29H33N3O10S3. The van der Waals surface area contributed by atoms with Gasteiger partial charge in [0.2, 0.25) is 5.91 Å². The second-order valence-electron chi connectivity index (χ2n) is 10.3. The Balaban J connectivity index is 1.55. The number of sulfone groups is 1. The number of nitrogens with one attached hydrogen (secondary N) is 1. The van der Waals surface area contributed by atoms with Gasteiger partial charge in [0, 0.05) is 4.88 Å². The van der Waals surface area contributed by atoms with Crippen LogP contribution in [0, 0.1) is 5.92 Å². The first kappa shape index (κ1) is 34.0. The van der Waals surface area contributed by atoms with Crippen LogP contribution in [0.25, 0.3) is 10.2 Å². The standard InChI is InChI=1S/C29H33N3O10S3/c1-5-41-27(36)17-8-10-19-21(12-17)44-29(32(19)13-24(35)40-4)31-23(34)15-45(38,39)14-22(33)30-26-25(28(37)42-6-2)18-9-7-16(3)11-20(18)43-26/h8,10,12,16H,5-7,9,11,13-15H2,1-4H3,(H,30,33). The predicted molar refractivity (Wildman–Crippen MR) is 167 cm³/mol. The van der Waals surface area contributed by atoms with E-state index in [9.17, 15) is 32.4 Å². The molecule has 3 aromatic rings. The maximum Gasteiger partial charge on any atom is 0.341 e. The van der Waals surface area contributed by atoms with Gasteiger partial charge in [-0.05, 0) is 62.8 Å². The van der Waals surface area contributed by atoms with Gasteiger partial charge in [0.25, 0.3) is 5.91 Å². The number of hydrogen-bond acceptors (Lipinski definition) is 12. The van der Waals surface area contributed by atoms with Crippen molar-refractivity contribution in [3.8, 4) is 0 Å². The third kappa shape index (κ3) is 8.23. The second-order valence-corrected chi connectivity index (χ2v) is 14.5. The van der Waals surface area contributed by atoms with Crippen molar-refractivity contribution in [1.29, 1.82) is 0 Å². The Morgan fingerprint density at radius 3 is 2.44 bits per heavy atom. The number of carbonyl (C=O) groups excluding carboxylic acids is 5. The lowest BCUT2D eigenvalue weighted by atomic mass is 9.88. The van der Waals surface area contributed by atoms with Crippen molar-refractivity contribution in [2.24, 2.45) is 10.9 Å². The highest BCUT2D eigenvalue weighted by Gasteiger charge is 2.30. The topological polar surface area (TPSA) is 176 Å². The first-order valence-corrected chi connectivity index (χ1v) is 17.6. The smallest absolute Gasteiger partial charge is 0.341 e. The largest absolute Gasteiger partial charge is 0.468 e. The molecule has 0 fully saturated rings. The molecule has 0 bridgehead atoms. The van der Waals surface area contributed by atoms with Gasteiger partial charge in [-0.15, -0.1) is 11.3 Å². The minimum Gasteiger partial charge on any atom is -0.468 e. The van der Waals surface area contributed by atoms with Crippen LogP contribution in [0.5, 0.6) is 0 Å². The van der Waals surface area contributed by atoms with E-state index in [0.29, 0.717) is 22.6 Å². The van der Waals surface area contributed by atoms with Gasteiger partial charge in [0.1, 0.15) is 23.1 Å². The number of thiophene rings is 1. The molecule has 13 nitrogen and oxygen atoms in total. The van der Waals surface area contributed by atoms with Gasteiger partial charge in [0.15, 0.2) is 14.6 Å². The zero-order chi connectivity index (χ0) is 32.9. The molecule has 4 rings (SSSR count). The highest BCUT2D eigenvalue weighted by Crippen LogP contribution is 2.40. The summed E-state index contributed by atoms with van der Waals surface area (Å²) in [6.07, 6.45) is 2.24. The van der Waals surface area contributed by atoms with E-state index in [1.807, 2.05) is 0 Å². The number of carbonyl (C=O) groups is 5. The summed E-state index contributed by atoms with van der Waals surface area (Å²) in [6.45, 7) is 5.41. The van der Waals surface area contributed by atoms with Gasteiger partial charge in [-0.1, -0.05) is 18.3 Å². The summed E-state index contributed by atoms with van der Waals surface area (Å²) in [5.74, 6) is -5.46. The number of esters is 3. The molecule has 242 valence electrons. The minimum absolute atomic E-state index is 0.00136. The molecule has 0 aliphatic heterocycles. The SMILES string of the molecule is CCOC(=O)c1ccc2c(c1)sc(=NC(=O)CS(=O)(=O)CC(=O)Nc1sc3c(c1C(=O)OCC)CCC(C)C3)n2CC(=O)OC. The van der Waals surface area contributed by atoms with Crippen LogP contribution >= 0.6 is 22.7 Å². The van der Waals surface area contributed by atoms with Crippen LogP contribution in [0.2, 0.25) is 0 Å². The Labute approximate surface area is 267 Å². The minimum atomic E-state index is -4.29. The van der Waals surface area contributed by atoms with Crippen molar-refractivity contribution in [3.05, 3.63) is 44.6 Å². The van der Waals surface area contributed by atoms with Gasteiger partial charge in [0.05, 0.1) is 41.7 Å². The molecule has 2 amide bonds. The first-order valence-electron chi connectivity index (χ1n) is 14.1. The summed E-state index contributed by atoms with van der Waals surface area (Å²) >= 11 is 2.18. The molecule has 1 aliphatic carbocycles. The van der Waals surface area contributed by atoms with E-state index in [0.717, 1.165) is 34.6 Å². The van der Waals surface area contributed by atoms with E-state index in [2.05, 4.69) is 17.2 Å². The van der Waals surface area contributed by atoms with Crippen molar-refractivity contribution in [3.63, 3.8) is 0 Å². The molecule has 1 atom stereocenters. The second kappa shape index (κ2) is 14.5. The number of methoxy groups -OCH3 is 1. The highest BCUT2D eigenvalue weighted by molar-refractivity contribution is 7.92. The Kier molecular flexibility index (Phi) is 10.9. The maximum atomic E-state index is 12.9. The summed E-state index contributed by atoms with van der Waals surface area (Å²) in [5, 5.41) is 2.77. The highest BCUT2D eigenvalue weighted by atomic mass is 32.2.